The maximum atomic E-state index is 12.6. The molecule has 3 N–H and O–H groups in total. The van der Waals surface area contributed by atoms with Crippen LogP contribution in [-0.4, -0.2) is 30.6 Å². The van der Waals surface area contributed by atoms with Gasteiger partial charge in [-0.25, -0.2) is 0 Å². The summed E-state index contributed by atoms with van der Waals surface area (Å²) in [5, 5.41) is 5.12. The SMILES string of the molecule is CCn1c2ccccc2c2cc(NC(=O)C=C(C)NNC(=O)c3cc(OC)cc(OC)c3)ccc21. The number of allylic oxidation sites excluding steroid dienone is 1. The van der Waals surface area contributed by atoms with Crippen molar-refractivity contribution in [2.75, 3.05) is 19.5 Å². The third-order valence-corrected chi connectivity index (χ3v) is 5.69. The van der Waals surface area contributed by atoms with Gasteiger partial charge in [0.05, 0.1) is 14.2 Å². The fourth-order valence-electron chi connectivity index (χ4n) is 4.05. The van der Waals surface area contributed by atoms with E-state index in [-0.39, 0.29) is 5.91 Å². The van der Waals surface area contributed by atoms with Crippen LogP contribution >= 0.6 is 0 Å². The second-order valence-corrected chi connectivity index (χ2v) is 7.99. The van der Waals surface area contributed by atoms with Gasteiger partial charge >= 0.3 is 0 Å². The third kappa shape index (κ3) is 5.06. The molecule has 3 aromatic carbocycles. The second-order valence-electron chi connectivity index (χ2n) is 7.99. The summed E-state index contributed by atoms with van der Waals surface area (Å²) in [6.45, 7) is 4.66. The minimum Gasteiger partial charge on any atom is -0.497 e. The Morgan fingerprint density at radius 3 is 2.26 bits per heavy atom. The van der Waals surface area contributed by atoms with Crippen LogP contribution in [0.4, 0.5) is 5.69 Å². The van der Waals surface area contributed by atoms with Crippen LogP contribution in [0, 0.1) is 0 Å². The predicted octanol–water partition coefficient (Wildman–Crippen LogP) is 4.61. The van der Waals surface area contributed by atoms with Crippen molar-refractivity contribution in [3.8, 4) is 11.5 Å². The zero-order chi connectivity index (χ0) is 24.9. The summed E-state index contributed by atoms with van der Waals surface area (Å²) in [6.07, 6.45) is 1.38. The van der Waals surface area contributed by atoms with Gasteiger partial charge in [0, 0.05) is 57.4 Å². The van der Waals surface area contributed by atoms with Gasteiger partial charge in [-0.05, 0) is 50.2 Å². The van der Waals surface area contributed by atoms with E-state index in [4.69, 9.17) is 9.47 Å². The first-order valence-corrected chi connectivity index (χ1v) is 11.2. The van der Waals surface area contributed by atoms with Crippen molar-refractivity contribution < 1.29 is 19.1 Å². The maximum Gasteiger partial charge on any atom is 0.269 e. The predicted molar refractivity (Wildman–Crippen MR) is 138 cm³/mol. The average molecular weight is 473 g/mol. The smallest absolute Gasteiger partial charge is 0.269 e. The van der Waals surface area contributed by atoms with Crippen LogP contribution < -0.4 is 25.6 Å². The minimum absolute atomic E-state index is 0.314. The van der Waals surface area contributed by atoms with E-state index in [0.717, 1.165) is 28.4 Å². The lowest BCUT2D eigenvalue weighted by Crippen LogP contribution is -2.36. The molecule has 0 unspecified atom stereocenters. The summed E-state index contributed by atoms with van der Waals surface area (Å²) in [5.74, 6) is 0.291. The molecule has 8 nitrogen and oxygen atoms in total. The molecule has 4 rings (SSSR count). The van der Waals surface area contributed by atoms with E-state index in [1.807, 2.05) is 30.3 Å². The molecule has 180 valence electrons. The van der Waals surface area contributed by atoms with E-state index < -0.39 is 5.91 Å². The van der Waals surface area contributed by atoms with Crippen molar-refractivity contribution in [3.63, 3.8) is 0 Å². The molecule has 0 bridgehead atoms. The summed E-state index contributed by atoms with van der Waals surface area (Å²) < 4.78 is 12.6. The lowest BCUT2D eigenvalue weighted by atomic mass is 10.1. The Balaban J connectivity index is 1.44. The Kier molecular flexibility index (Phi) is 6.91. The van der Waals surface area contributed by atoms with Crippen LogP contribution in [0.1, 0.15) is 24.2 Å². The molecule has 8 heteroatoms. The molecule has 0 atom stereocenters. The molecule has 2 amide bonds. The summed E-state index contributed by atoms with van der Waals surface area (Å²) in [7, 11) is 3.03. The van der Waals surface area contributed by atoms with E-state index in [9.17, 15) is 9.59 Å². The summed E-state index contributed by atoms with van der Waals surface area (Å²) in [6, 6.07) is 19.0. The molecule has 0 radical (unpaired) electrons. The van der Waals surface area contributed by atoms with Crippen molar-refractivity contribution in [3.05, 3.63) is 78.0 Å². The fraction of sp³-hybridized carbons (Fsp3) is 0.185. The Morgan fingerprint density at radius 1 is 0.886 bits per heavy atom. The van der Waals surface area contributed by atoms with Gasteiger partial charge < -0.3 is 24.8 Å². The highest BCUT2D eigenvalue weighted by Gasteiger charge is 2.12. The van der Waals surface area contributed by atoms with E-state index in [0.29, 0.717) is 28.4 Å². The fourth-order valence-corrected chi connectivity index (χ4v) is 4.05. The van der Waals surface area contributed by atoms with Crippen molar-refractivity contribution >= 4 is 39.3 Å². The third-order valence-electron chi connectivity index (χ3n) is 5.69. The molecular formula is C27H28N4O4. The van der Waals surface area contributed by atoms with Crippen molar-refractivity contribution in [2.45, 2.75) is 20.4 Å². The summed E-state index contributed by atoms with van der Waals surface area (Å²) >= 11 is 0. The summed E-state index contributed by atoms with van der Waals surface area (Å²) in [4.78, 5) is 25.1. The molecule has 0 aliphatic rings. The molecule has 4 aromatic rings. The number of hydrogen-bond acceptors (Lipinski definition) is 5. The highest BCUT2D eigenvalue weighted by molar-refractivity contribution is 6.10. The number of fused-ring (bicyclic) bond motifs is 3. The quantitative estimate of drug-likeness (QED) is 0.257. The van der Waals surface area contributed by atoms with Gasteiger partial charge in [0.1, 0.15) is 11.5 Å². The number of amides is 2. The number of benzene rings is 3. The van der Waals surface area contributed by atoms with Gasteiger partial charge in [0.25, 0.3) is 5.91 Å². The Morgan fingerprint density at radius 2 is 1.57 bits per heavy atom. The molecule has 0 saturated carbocycles. The number of rotatable bonds is 8. The van der Waals surface area contributed by atoms with Crippen molar-refractivity contribution in [2.24, 2.45) is 0 Å². The first-order valence-electron chi connectivity index (χ1n) is 11.2. The van der Waals surface area contributed by atoms with E-state index >= 15 is 0 Å². The largest absolute Gasteiger partial charge is 0.497 e. The van der Waals surface area contributed by atoms with Crippen molar-refractivity contribution in [1.82, 2.24) is 15.4 Å². The first kappa shape index (κ1) is 23.7. The molecular weight excluding hydrogens is 444 g/mol. The normalized spacial score (nSPS) is 11.4. The molecule has 0 spiro atoms. The lowest BCUT2D eigenvalue weighted by molar-refractivity contribution is -0.112. The molecule has 1 aromatic heterocycles. The maximum absolute atomic E-state index is 12.6. The number of ether oxygens (including phenoxy) is 2. The number of nitrogens with one attached hydrogen (secondary N) is 3. The number of hydrogen-bond donors (Lipinski definition) is 3. The van der Waals surface area contributed by atoms with Crippen molar-refractivity contribution in [1.29, 1.82) is 0 Å². The minimum atomic E-state index is -0.395. The van der Waals surface area contributed by atoms with Crippen LogP contribution in [0.25, 0.3) is 21.8 Å². The highest BCUT2D eigenvalue weighted by Crippen LogP contribution is 2.31. The van der Waals surface area contributed by atoms with Crippen LogP contribution in [0.5, 0.6) is 11.5 Å². The lowest BCUT2D eigenvalue weighted by Gasteiger charge is -2.11. The number of para-hydroxylation sites is 1. The number of methoxy groups -OCH3 is 2. The number of hydrazine groups is 1. The number of nitrogens with zero attached hydrogens (tertiary/aromatic N) is 1. The van der Waals surface area contributed by atoms with Gasteiger partial charge in [0.2, 0.25) is 5.91 Å². The van der Waals surface area contributed by atoms with Crippen LogP contribution in [0.3, 0.4) is 0 Å². The number of carbonyl (C=O) groups excluding carboxylic acids is 2. The number of aromatic nitrogens is 1. The summed E-state index contributed by atoms with van der Waals surface area (Å²) in [5.41, 5.74) is 9.12. The zero-order valence-electron chi connectivity index (χ0n) is 20.1. The molecule has 0 saturated heterocycles. The van der Waals surface area contributed by atoms with E-state index in [2.05, 4.69) is 39.8 Å². The van der Waals surface area contributed by atoms with E-state index in [1.165, 1.54) is 20.3 Å². The Bertz CT molecular complexity index is 1420. The molecule has 0 aliphatic carbocycles. The van der Waals surface area contributed by atoms with Gasteiger partial charge in [-0.15, -0.1) is 0 Å². The average Bonchev–Trinajstić information content (AvgIpc) is 3.19. The molecule has 35 heavy (non-hydrogen) atoms. The van der Waals surface area contributed by atoms with E-state index in [1.54, 1.807) is 25.1 Å². The van der Waals surface area contributed by atoms with Gasteiger partial charge in [-0.1, -0.05) is 18.2 Å². The second kappa shape index (κ2) is 10.2. The van der Waals surface area contributed by atoms with Gasteiger partial charge in [-0.2, -0.15) is 0 Å². The number of anilines is 1. The van der Waals surface area contributed by atoms with Crippen LogP contribution in [-0.2, 0) is 11.3 Å². The standard InChI is InChI=1S/C27H28N4O4/c1-5-31-24-9-7-6-8-22(24)23-15-19(10-11-25(23)31)28-26(32)12-17(2)29-30-27(33)18-13-20(34-3)16-21(14-18)35-4/h6-16,29H,5H2,1-4H3,(H,28,32)(H,30,33). The molecule has 0 aliphatic heterocycles. The zero-order valence-corrected chi connectivity index (χ0v) is 20.1. The molecule has 1 heterocycles. The number of aryl methyl sites for hydroxylation is 1. The van der Waals surface area contributed by atoms with Crippen LogP contribution in [0.15, 0.2) is 72.4 Å². The number of carbonyl (C=O) groups is 2. The monoisotopic (exact) mass is 472 g/mol. The Labute approximate surface area is 203 Å². The van der Waals surface area contributed by atoms with Gasteiger partial charge in [-0.3, -0.25) is 15.0 Å². The molecule has 0 fully saturated rings. The Hall–Kier alpha value is -4.46. The van der Waals surface area contributed by atoms with Crippen LogP contribution in [0.2, 0.25) is 0 Å². The highest BCUT2D eigenvalue weighted by atomic mass is 16.5. The topological polar surface area (TPSA) is 93.6 Å². The van der Waals surface area contributed by atoms with Gasteiger partial charge in [0.15, 0.2) is 0 Å². The first-order chi connectivity index (χ1) is 16.9.